The fourth-order valence-corrected chi connectivity index (χ4v) is 2.89. The number of benzene rings is 2. The van der Waals surface area contributed by atoms with E-state index in [1.54, 1.807) is 0 Å². The molecule has 0 bridgehead atoms. The molecule has 0 aliphatic heterocycles. The molecule has 3 heteroatoms. The highest BCUT2D eigenvalue weighted by Crippen LogP contribution is 2.27. The Bertz CT molecular complexity index is 551. The SMILES string of the molecule is CCc1ccc(CC(N)c2ccc(Br)cc2Cl)cc1. The zero-order valence-corrected chi connectivity index (χ0v) is 13.2. The Kier molecular flexibility index (Phi) is 5.03. The lowest BCUT2D eigenvalue weighted by Gasteiger charge is -2.14. The molecule has 19 heavy (non-hydrogen) atoms. The van der Waals surface area contributed by atoms with Crippen molar-refractivity contribution in [1.82, 2.24) is 0 Å². The summed E-state index contributed by atoms with van der Waals surface area (Å²) in [7, 11) is 0. The van der Waals surface area contributed by atoms with Gasteiger partial charge in [0.05, 0.1) is 0 Å². The second kappa shape index (κ2) is 6.56. The molecule has 0 saturated heterocycles. The highest BCUT2D eigenvalue weighted by molar-refractivity contribution is 9.10. The van der Waals surface area contributed by atoms with Crippen LogP contribution < -0.4 is 5.73 Å². The molecule has 0 saturated carbocycles. The lowest BCUT2D eigenvalue weighted by molar-refractivity contribution is 0.722. The monoisotopic (exact) mass is 337 g/mol. The first-order valence-corrected chi connectivity index (χ1v) is 7.55. The van der Waals surface area contributed by atoms with Gasteiger partial charge in [-0.1, -0.05) is 64.8 Å². The van der Waals surface area contributed by atoms with Crippen molar-refractivity contribution in [2.24, 2.45) is 5.73 Å². The van der Waals surface area contributed by atoms with Crippen molar-refractivity contribution >= 4 is 27.5 Å². The normalized spacial score (nSPS) is 12.4. The van der Waals surface area contributed by atoms with E-state index in [4.69, 9.17) is 17.3 Å². The third-order valence-electron chi connectivity index (χ3n) is 3.25. The summed E-state index contributed by atoms with van der Waals surface area (Å²) in [4.78, 5) is 0. The molecule has 1 atom stereocenters. The molecule has 2 N–H and O–H groups in total. The predicted molar refractivity (Wildman–Crippen MR) is 85.6 cm³/mol. The van der Waals surface area contributed by atoms with E-state index in [2.05, 4.69) is 47.1 Å². The van der Waals surface area contributed by atoms with Crippen LogP contribution in [0.2, 0.25) is 5.02 Å². The lowest BCUT2D eigenvalue weighted by atomic mass is 9.98. The summed E-state index contributed by atoms with van der Waals surface area (Å²) >= 11 is 9.63. The van der Waals surface area contributed by atoms with Gasteiger partial charge in [-0.25, -0.2) is 0 Å². The van der Waals surface area contributed by atoms with Crippen molar-refractivity contribution in [3.63, 3.8) is 0 Å². The van der Waals surface area contributed by atoms with Gasteiger partial charge in [-0.3, -0.25) is 0 Å². The molecule has 0 heterocycles. The van der Waals surface area contributed by atoms with Gasteiger partial charge in [0.2, 0.25) is 0 Å². The van der Waals surface area contributed by atoms with Crippen molar-refractivity contribution < 1.29 is 0 Å². The maximum Gasteiger partial charge on any atom is 0.0465 e. The Morgan fingerprint density at radius 2 is 1.74 bits per heavy atom. The van der Waals surface area contributed by atoms with Crippen LogP contribution in [0.5, 0.6) is 0 Å². The minimum Gasteiger partial charge on any atom is -0.324 e. The summed E-state index contributed by atoms with van der Waals surface area (Å²) in [6.45, 7) is 2.16. The number of hydrogen-bond acceptors (Lipinski definition) is 1. The Balaban J connectivity index is 2.13. The first kappa shape index (κ1) is 14.6. The van der Waals surface area contributed by atoms with E-state index in [1.165, 1.54) is 11.1 Å². The molecular formula is C16H17BrClN. The van der Waals surface area contributed by atoms with Gasteiger partial charge in [0, 0.05) is 15.5 Å². The first-order valence-electron chi connectivity index (χ1n) is 6.38. The topological polar surface area (TPSA) is 26.0 Å². The van der Waals surface area contributed by atoms with Gasteiger partial charge in [-0.2, -0.15) is 0 Å². The number of rotatable bonds is 4. The predicted octanol–water partition coefficient (Wildman–Crippen LogP) is 4.91. The van der Waals surface area contributed by atoms with Gasteiger partial charge in [-0.05, 0) is 41.7 Å². The highest BCUT2D eigenvalue weighted by atomic mass is 79.9. The van der Waals surface area contributed by atoms with Gasteiger partial charge in [0.1, 0.15) is 0 Å². The summed E-state index contributed by atoms with van der Waals surface area (Å²) in [6.07, 6.45) is 1.86. The van der Waals surface area contributed by atoms with Crippen LogP contribution in [0.15, 0.2) is 46.9 Å². The third kappa shape index (κ3) is 3.82. The van der Waals surface area contributed by atoms with Crippen molar-refractivity contribution in [3.05, 3.63) is 68.7 Å². The van der Waals surface area contributed by atoms with Crippen LogP contribution in [0.3, 0.4) is 0 Å². The highest BCUT2D eigenvalue weighted by Gasteiger charge is 2.11. The largest absolute Gasteiger partial charge is 0.324 e. The number of halogens is 2. The Morgan fingerprint density at radius 1 is 1.11 bits per heavy atom. The van der Waals surface area contributed by atoms with E-state index in [9.17, 15) is 0 Å². The zero-order valence-electron chi connectivity index (χ0n) is 10.9. The van der Waals surface area contributed by atoms with Gasteiger partial charge < -0.3 is 5.73 Å². The molecule has 0 amide bonds. The van der Waals surface area contributed by atoms with Crippen molar-refractivity contribution in [3.8, 4) is 0 Å². The first-order chi connectivity index (χ1) is 9.10. The van der Waals surface area contributed by atoms with Crippen LogP contribution in [-0.4, -0.2) is 0 Å². The summed E-state index contributed by atoms with van der Waals surface area (Å²) in [6, 6.07) is 14.4. The maximum atomic E-state index is 6.25. The Hall–Kier alpha value is -0.830. The fraction of sp³-hybridized carbons (Fsp3) is 0.250. The number of nitrogens with two attached hydrogens (primary N) is 1. The third-order valence-corrected chi connectivity index (χ3v) is 4.07. The van der Waals surface area contributed by atoms with Crippen molar-refractivity contribution in [1.29, 1.82) is 0 Å². The van der Waals surface area contributed by atoms with E-state index >= 15 is 0 Å². The second-order valence-electron chi connectivity index (χ2n) is 4.65. The van der Waals surface area contributed by atoms with Crippen molar-refractivity contribution in [2.45, 2.75) is 25.8 Å². The molecule has 0 aliphatic carbocycles. The summed E-state index contributed by atoms with van der Waals surface area (Å²) < 4.78 is 0.973. The fourth-order valence-electron chi connectivity index (χ4n) is 2.08. The molecule has 2 aromatic carbocycles. The smallest absolute Gasteiger partial charge is 0.0465 e. The van der Waals surface area contributed by atoms with Gasteiger partial charge in [-0.15, -0.1) is 0 Å². The average molecular weight is 339 g/mol. The quantitative estimate of drug-likeness (QED) is 0.842. The van der Waals surface area contributed by atoms with E-state index in [1.807, 2.05) is 18.2 Å². The Labute approximate surface area is 127 Å². The van der Waals surface area contributed by atoms with Crippen molar-refractivity contribution in [2.75, 3.05) is 0 Å². The molecule has 2 rings (SSSR count). The molecule has 100 valence electrons. The molecule has 0 radical (unpaired) electrons. The van der Waals surface area contributed by atoms with Crippen LogP contribution in [0.25, 0.3) is 0 Å². The van der Waals surface area contributed by atoms with Gasteiger partial charge >= 0.3 is 0 Å². The lowest BCUT2D eigenvalue weighted by Crippen LogP contribution is -2.13. The van der Waals surface area contributed by atoms with Crippen LogP contribution >= 0.6 is 27.5 Å². The van der Waals surface area contributed by atoms with Gasteiger partial charge in [0.15, 0.2) is 0 Å². The van der Waals surface area contributed by atoms with E-state index in [-0.39, 0.29) is 6.04 Å². The summed E-state index contributed by atoms with van der Waals surface area (Å²) in [5.74, 6) is 0. The molecule has 2 aromatic rings. The maximum absolute atomic E-state index is 6.25. The summed E-state index contributed by atoms with van der Waals surface area (Å²) in [5.41, 5.74) is 9.82. The second-order valence-corrected chi connectivity index (χ2v) is 5.97. The number of hydrogen-bond donors (Lipinski definition) is 1. The number of aryl methyl sites for hydroxylation is 1. The molecule has 1 nitrogen and oxygen atoms in total. The Morgan fingerprint density at radius 3 is 2.32 bits per heavy atom. The molecular weight excluding hydrogens is 322 g/mol. The van der Waals surface area contributed by atoms with E-state index < -0.39 is 0 Å². The van der Waals surface area contributed by atoms with Crippen LogP contribution in [-0.2, 0) is 12.8 Å². The van der Waals surface area contributed by atoms with Crippen LogP contribution in [0.4, 0.5) is 0 Å². The minimum absolute atomic E-state index is 0.0759. The standard InChI is InChI=1S/C16H17BrClN/c1-2-11-3-5-12(6-4-11)9-16(19)14-8-7-13(17)10-15(14)18/h3-8,10,16H,2,9,19H2,1H3. The molecule has 1 unspecified atom stereocenters. The molecule has 0 fully saturated rings. The molecule has 0 aliphatic rings. The summed E-state index contributed by atoms with van der Waals surface area (Å²) in [5, 5.41) is 0.715. The minimum atomic E-state index is -0.0759. The van der Waals surface area contributed by atoms with E-state index in [0.29, 0.717) is 5.02 Å². The van der Waals surface area contributed by atoms with Gasteiger partial charge in [0.25, 0.3) is 0 Å². The van der Waals surface area contributed by atoms with Crippen LogP contribution in [0, 0.1) is 0 Å². The molecule has 0 spiro atoms. The van der Waals surface area contributed by atoms with E-state index in [0.717, 1.165) is 22.9 Å². The van der Waals surface area contributed by atoms with Crippen LogP contribution in [0.1, 0.15) is 29.7 Å². The molecule has 0 aromatic heterocycles. The average Bonchev–Trinajstić information content (AvgIpc) is 2.39. The zero-order chi connectivity index (χ0) is 13.8.